The molecule has 2 rings (SSSR count). The Kier molecular flexibility index (Phi) is 4.07. The van der Waals surface area contributed by atoms with Crippen LogP contribution in [0.1, 0.15) is 31.1 Å². The van der Waals surface area contributed by atoms with Crippen molar-refractivity contribution in [3.8, 4) is 0 Å². The van der Waals surface area contributed by atoms with Gasteiger partial charge in [-0.1, -0.05) is 0 Å². The van der Waals surface area contributed by atoms with Crippen LogP contribution in [0.25, 0.3) is 0 Å². The van der Waals surface area contributed by atoms with E-state index in [1.165, 1.54) is 6.07 Å². The predicted molar refractivity (Wildman–Crippen MR) is 77.2 cm³/mol. The lowest BCUT2D eigenvalue weighted by Crippen LogP contribution is -2.47. The molecule has 0 amide bonds. The number of aliphatic hydroxyl groups excluding tert-OH is 1. The van der Waals surface area contributed by atoms with E-state index in [1.54, 1.807) is 19.9 Å². The average molecular weight is 301 g/mol. The van der Waals surface area contributed by atoms with E-state index in [4.69, 9.17) is 0 Å². The molecule has 6 heteroatoms. The van der Waals surface area contributed by atoms with Crippen LogP contribution in [0.2, 0.25) is 0 Å². The average Bonchev–Trinajstić information content (AvgIpc) is 2.31. The second-order valence-electron chi connectivity index (χ2n) is 5.49. The SMILES string of the molecule is Cc1cc(N2CCS(=O)(=O)CC2C)c([C@H](C)O)cc1F. The van der Waals surface area contributed by atoms with Crippen molar-refractivity contribution < 1.29 is 17.9 Å². The maximum Gasteiger partial charge on any atom is 0.154 e. The second kappa shape index (κ2) is 5.33. The number of hydrogen-bond donors (Lipinski definition) is 1. The van der Waals surface area contributed by atoms with E-state index in [-0.39, 0.29) is 23.4 Å². The van der Waals surface area contributed by atoms with Gasteiger partial charge in [-0.15, -0.1) is 0 Å². The van der Waals surface area contributed by atoms with Gasteiger partial charge < -0.3 is 10.0 Å². The Morgan fingerprint density at radius 2 is 2.10 bits per heavy atom. The molecule has 0 saturated carbocycles. The highest BCUT2D eigenvalue weighted by Gasteiger charge is 2.30. The van der Waals surface area contributed by atoms with Crippen LogP contribution < -0.4 is 4.90 Å². The van der Waals surface area contributed by atoms with Crippen LogP contribution in [0.5, 0.6) is 0 Å². The molecule has 0 aromatic heterocycles. The van der Waals surface area contributed by atoms with E-state index >= 15 is 0 Å². The summed E-state index contributed by atoms with van der Waals surface area (Å²) in [5, 5.41) is 9.83. The van der Waals surface area contributed by atoms with Gasteiger partial charge in [-0.3, -0.25) is 0 Å². The zero-order valence-corrected chi connectivity index (χ0v) is 12.7. The third-order valence-electron chi connectivity index (χ3n) is 3.74. The minimum Gasteiger partial charge on any atom is -0.389 e. The lowest BCUT2D eigenvalue weighted by molar-refractivity contribution is 0.199. The summed E-state index contributed by atoms with van der Waals surface area (Å²) in [4.78, 5) is 1.94. The summed E-state index contributed by atoms with van der Waals surface area (Å²) in [5.41, 5.74) is 1.71. The number of sulfone groups is 1. The molecule has 1 fully saturated rings. The Morgan fingerprint density at radius 1 is 1.45 bits per heavy atom. The van der Waals surface area contributed by atoms with Gasteiger partial charge >= 0.3 is 0 Å². The second-order valence-corrected chi connectivity index (χ2v) is 7.72. The van der Waals surface area contributed by atoms with Crippen molar-refractivity contribution in [3.05, 3.63) is 29.1 Å². The molecule has 1 aromatic carbocycles. The summed E-state index contributed by atoms with van der Waals surface area (Å²) >= 11 is 0. The van der Waals surface area contributed by atoms with Gasteiger partial charge in [-0.05, 0) is 38.5 Å². The summed E-state index contributed by atoms with van der Waals surface area (Å²) < 4.78 is 37.0. The Morgan fingerprint density at radius 3 is 2.65 bits per heavy atom. The topological polar surface area (TPSA) is 57.6 Å². The Hall–Kier alpha value is -1.14. The van der Waals surface area contributed by atoms with Crippen molar-refractivity contribution in [2.45, 2.75) is 32.9 Å². The van der Waals surface area contributed by atoms with E-state index in [0.717, 1.165) is 5.69 Å². The van der Waals surface area contributed by atoms with E-state index in [1.807, 2.05) is 11.8 Å². The molecule has 112 valence electrons. The van der Waals surface area contributed by atoms with Gasteiger partial charge in [-0.2, -0.15) is 0 Å². The standard InChI is InChI=1S/C14H20FNO3S/c1-9-6-14(12(11(3)17)7-13(9)15)16-4-5-20(18,19)8-10(16)2/h6-7,10-11,17H,4-5,8H2,1-3H3/t10?,11-/m0/s1. The van der Waals surface area contributed by atoms with Crippen LogP contribution in [0.15, 0.2) is 12.1 Å². The smallest absolute Gasteiger partial charge is 0.154 e. The lowest BCUT2D eigenvalue weighted by atomic mass is 10.0. The molecule has 1 N–H and O–H groups in total. The maximum absolute atomic E-state index is 13.7. The molecule has 0 aliphatic carbocycles. The molecule has 1 unspecified atom stereocenters. The Bertz CT molecular complexity index is 613. The highest BCUT2D eigenvalue weighted by atomic mass is 32.2. The fourth-order valence-electron chi connectivity index (χ4n) is 2.62. The van der Waals surface area contributed by atoms with Crippen molar-refractivity contribution in [2.75, 3.05) is 23.0 Å². The molecule has 0 radical (unpaired) electrons. The van der Waals surface area contributed by atoms with Crippen molar-refractivity contribution in [2.24, 2.45) is 0 Å². The number of halogens is 1. The summed E-state index contributed by atoms with van der Waals surface area (Å²) in [5.74, 6) is -0.183. The summed E-state index contributed by atoms with van der Waals surface area (Å²) in [6, 6.07) is 2.84. The first kappa shape index (κ1) is 15.3. The first-order chi connectivity index (χ1) is 9.21. The van der Waals surface area contributed by atoms with E-state index in [0.29, 0.717) is 17.7 Å². The van der Waals surface area contributed by atoms with E-state index in [9.17, 15) is 17.9 Å². The van der Waals surface area contributed by atoms with Gasteiger partial charge in [0.05, 0.1) is 17.6 Å². The van der Waals surface area contributed by atoms with Gasteiger partial charge in [0, 0.05) is 23.8 Å². The van der Waals surface area contributed by atoms with Crippen LogP contribution in [0.4, 0.5) is 10.1 Å². The van der Waals surface area contributed by atoms with Crippen LogP contribution in [0, 0.1) is 12.7 Å². The highest BCUT2D eigenvalue weighted by Crippen LogP contribution is 2.32. The quantitative estimate of drug-likeness (QED) is 0.905. The van der Waals surface area contributed by atoms with E-state index in [2.05, 4.69) is 0 Å². The molecular formula is C14H20FNO3S. The predicted octanol–water partition coefficient (Wildman–Crippen LogP) is 1.81. The number of rotatable bonds is 2. The van der Waals surface area contributed by atoms with Crippen molar-refractivity contribution in [1.82, 2.24) is 0 Å². The van der Waals surface area contributed by atoms with Gasteiger partial charge in [-0.25, -0.2) is 12.8 Å². The summed E-state index contributed by atoms with van der Waals surface area (Å²) in [7, 11) is -3.00. The number of benzene rings is 1. The van der Waals surface area contributed by atoms with Crippen molar-refractivity contribution >= 4 is 15.5 Å². The maximum atomic E-state index is 13.7. The largest absolute Gasteiger partial charge is 0.389 e. The normalized spacial score (nSPS) is 23.6. The molecule has 1 heterocycles. The molecule has 1 aliphatic rings. The molecule has 1 aromatic rings. The third-order valence-corrected chi connectivity index (χ3v) is 5.53. The number of hydrogen-bond acceptors (Lipinski definition) is 4. The minimum absolute atomic E-state index is 0.0860. The molecule has 2 atom stereocenters. The Balaban J connectivity index is 2.44. The fraction of sp³-hybridized carbons (Fsp3) is 0.571. The molecule has 0 spiro atoms. The Labute approximate surface area is 119 Å². The zero-order chi connectivity index (χ0) is 15.1. The molecular weight excluding hydrogens is 281 g/mol. The number of aryl methyl sites for hydroxylation is 1. The lowest BCUT2D eigenvalue weighted by Gasteiger charge is -2.37. The third kappa shape index (κ3) is 2.96. The highest BCUT2D eigenvalue weighted by molar-refractivity contribution is 7.91. The van der Waals surface area contributed by atoms with E-state index < -0.39 is 15.9 Å². The van der Waals surface area contributed by atoms with Crippen LogP contribution >= 0.6 is 0 Å². The van der Waals surface area contributed by atoms with Gasteiger partial charge in [0.2, 0.25) is 0 Å². The van der Waals surface area contributed by atoms with Crippen molar-refractivity contribution in [3.63, 3.8) is 0 Å². The number of aliphatic hydroxyl groups is 1. The minimum atomic E-state index is -3.00. The summed E-state index contributed by atoms with van der Waals surface area (Å²) in [6.45, 7) is 5.45. The number of nitrogens with zero attached hydrogens (tertiary/aromatic N) is 1. The first-order valence-electron chi connectivity index (χ1n) is 6.66. The molecule has 0 bridgehead atoms. The van der Waals surface area contributed by atoms with Crippen LogP contribution in [-0.4, -0.2) is 37.6 Å². The monoisotopic (exact) mass is 301 g/mol. The van der Waals surface area contributed by atoms with Gasteiger partial charge in [0.1, 0.15) is 5.82 Å². The van der Waals surface area contributed by atoms with Gasteiger partial charge in [0.15, 0.2) is 9.84 Å². The molecule has 1 saturated heterocycles. The molecule has 20 heavy (non-hydrogen) atoms. The van der Waals surface area contributed by atoms with Crippen molar-refractivity contribution in [1.29, 1.82) is 0 Å². The van der Waals surface area contributed by atoms with Gasteiger partial charge in [0.25, 0.3) is 0 Å². The number of anilines is 1. The van der Waals surface area contributed by atoms with Crippen LogP contribution in [0.3, 0.4) is 0 Å². The molecule has 4 nitrogen and oxygen atoms in total. The fourth-order valence-corrected chi connectivity index (χ4v) is 4.18. The molecule has 1 aliphatic heterocycles. The zero-order valence-electron chi connectivity index (χ0n) is 11.9. The van der Waals surface area contributed by atoms with Crippen LogP contribution in [-0.2, 0) is 9.84 Å². The summed E-state index contributed by atoms with van der Waals surface area (Å²) in [6.07, 6.45) is -0.800. The first-order valence-corrected chi connectivity index (χ1v) is 8.48.